The first-order valence-corrected chi connectivity index (χ1v) is 7.48. The number of ether oxygens (including phenoxy) is 1. The number of rotatable bonds is 8. The van der Waals surface area contributed by atoms with E-state index in [9.17, 15) is 4.79 Å². The number of hydrogen-bond donors (Lipinski definition) is 4. The number of amides is 1. The Morgan fingerprint density at radius 1 is 1.42 bits per heavy atom. The summed E-state index contributed by atoms with van der Waals surface area (Å²) in [5, 5.41) is 16.8. The van der Waals surface area contributed by atoms with Gasteiger partial charge in [0.2, 0.25) is 5.88 Å². The number of thiazole rings is 1. The number of aromatic nitrogens is 3. The Kier molecular flexibility index (Phi) is 5.31. The van der Waals surface area contributed by atoms with Crippen molar-refractivity contribution >= 4 is 33.9 Å². The summed E-state index contributed by atoms with van der Waals surface area (Å²) in [5.74, 6) is -0.524. The van der Waals surface area contributed by atoms with Gasteiger partial charge in [-0.25, -0.2) is 9.67 Å². The number of nitrogen functional groups attached to an aromatic ring is 2. The molecule has 11 nitrogen and oxygen atoms in total. The topological polar surface area (TPSA) is 181 Å². The number of nitrogens with one attached hydrogen (secondary N) is 1. The highest BCUT2D eigenvalue weighted by molar-refractivity contribution is 7.13. The van der Waals surface area contributed by atoms with Gasteiger partial charge in [0.1, 0.15) is 23.8 Å². The SMILES string of the molecule is Cn1nc(C(=N)N)cc1OCCON=C(C(N)=O)c1csc(N)n1. The van der Waals surface area contributed by atoms with Crippen LogP contribution in [0.15, 0.2) is 16.6 Å². The number of primary amides is 1. The number of amidine groups is 1. The largest absolute Gasteiger partial charge is 0.474 e. The molecule has 0 aliphatic carbocycles. The summed E-state index contributed by atoms with van der Waals surface area (Å²) in [5.41, 5.74) is 16.5. The molecule has 0 saturated heterocycles. The molecule has 7 N–H and O–H groups in total. The van der Waals surface area contributed by atoms with Crippen molar-refractivity contribution in [2.24, 2.45) is 23.7 Å². The van der Waals surface area contributed by atoms with Gasteiger partial charge >= 0.3 is 0 Å². The second kappa shape index (κ2) is 7.41. The van der Waals surface area contributed by atoms with E-state index < -0.39 is 5.91 Å². The van der Waals surface area contributed by atoms with E-state index in [0.29, 0.717) is 16.7 Å². The quantitative estimate of drug-likeness (QED) is 0.204. The van der Waals surface area contributed by atoms with Crippen molar-refractivity contribution in [1.29, 1.82) is 5.41 Å². The lowest BCUT2D eigenvalue weighted by Crippen LogP contribution is -2.25. The van der Waals surface area contributed by atoms with Crippen LogP contribution in [0.3, 0.4) is 0 Å². The monoisotopic (exact) mass is 352 g/mol. The first kappa shape index (κ1) is 17.2. The third kappa shape index (κ3) is 4.19. The lowest BCUT2D eigenvalue weighted by molar-refractivity contribution is -0.112. The molecule has 0 radical (unpaired) electrons. The maximum atomic E-state index is 11.4. The summed E-state index contributed by atoms with van der Waals surface area (Å²) < 4.78 is 6.86. The van der Waals surface area contributed by atoms with Gasteiger partial charge in [-0.3, -0.25) is 10.2 Å². The number of carbonyl (C=O) groups excluding carboxylic acids is 1. The van der Waals surface area contributed by atoms with E-state index in [4.69, 9.17) is 32.2 Å². The second-order valence-corrected chi connectivity index (χ2v) is 5.35. The molecule has 12 heteroatoms. The zero-order valence-corrected chi connectivity index (χ0v) is 13.5. The van der Waals surface area contributed by atoms with Gasteiger partial charge in [-0.15, -0.1) is 11.3 Å². The summed E-state index contributed by atoms with van der Waals surface area (Å²) in [6, 6.07) is 1.53. The van der Waals surface area contributed by atoms with Crippen molar-refractivity contribution < 1.29 is 14.4 Å². The molecule has 0 aromatic carbocycles. The summed E-state index contributed by atoms with van der Waals surface area (Å²) in [6.45, 7) is 0.183. The van der Waals surface area contributed by atoms with E-state index >= 15 is 0 Å². The first-order chi connectivity index (χ1) is 11.4. The van der Waals surface area contributed by atoms with Gasteiger partial charge in [0, 0.05) is 18.5 Å². The molecule has 0 unspecified atom stereocenters. The lowest BCUT2D eigenvalue weighted by atomic mass is 10.3. The van der Waals surface area contributed by atoms with Crippen molar-refractivity contribution in [2.45, 2.75) is 0 Å². The average molecular weight is 352 g/mol. The maximum absolute atomic E-state index is 11.4. The summed E-state index contributed by atoms with van der Waals surface area (Å²) in [6.07, 6.45) is 0. The minimum absolute atomic E-state index is 0.0526. The Bertz CT molecular complexity index is 781. The second-order valence-electron chi connectivity index (χ2n) is 4.46. The van der Waals surface area contributed by atoms with Gasteiger partial charge in [-0.1, -0.05) is 5.16 Å². The molecule has 0 fully saturated rings. The Balaban J connectivity index is 1.89. The highest BCUT2D eigenvalue weighted by atomic mass is 32.1. The minimum Gasteiger partial charge on any atom is -0.474 e. The standard InChI is InChI=1S/C12H16N8O3S/c1-20-8(4-6(18-20)10(13)14)22-2-3-23-19-9(11(15)21)7-5-24-12(16)17-7/h4-5H,2-3H2,1H3,(H3,13,14)(H2,15,21)(H2,16,17). The zero-order chi connectivity index (χ0) is 17.7. The summed E-state index contributed by atoms with van der Waals surface area (Å²) >= 11 is 1.16. The Morgan fingerprint density at radius 2 is 2.17 bits per heavy atom. The lowest BCUT2D eigenvalue weighted by Gasteiger charge is -2.05. The predicted molar refractivity (Wildman–Crippen MR) is 87.9 cm³/mol. The zero-order valence-electron chi connectivity index (χ0n) is 12.7. The molecule has 0 atom stereocenters. The van der Waals surface area contributed by atoms with Crippen LogP contribution < -0.4 is 21.9 Å². The Morgan fingerprint density at radius 3 is 2.71 bits per heavy atom. The van der Waals surface area contributed by atoms with E-state index in [1.165, 1.54) is 10.7 Å². The molecule has 1 amide bonds. The fourth-order valence-corrected chi connectivity index (χ4v) is 2.17. The molecule has 24 heavy (non-hydrogen) atoms. The van der Waals surface area contributed by atoms with Gasteiger partial charge < -0.3 is 26.8 Å². The minimum atomic E-state index is -0.779. The highest BCUT2D eigenvalue weighted by Gasteiger charge is 2.15. The molecule has 2 rings (SSSR count). The van der Waals surface area contributed by atoms with Crippen LogP contribution in [0, 0.1) is 5.41 Å². The van der Waals surface area contributed by atoms with Gasteiger partial charge in [-0.05, 0) is 0 Å². The predicted octanol–water partition coefficient (Wildman–Crippen LogP) is -0.972. The van der Waals surface area contributed by atoms with Gasteiger partial charge in [0.05, 0.1) is 0 Å². The number of nitrogens with zero attached hydrogens (tertiary/aromatic N) is 4. The molecule has 2 aromatic rings. The third-order valence-electron chi connectivity index (χ3n) is 2.69. The number of hydrogen-bond acceptors (Lipinski definition) is 9. The molecule has 0 bridgehead atoms. The Hall–Kier alpha value is -3.15. The molecule has 2 aromatic heterocycles. The summed E-state index contributed by atoms with van der Waals surface area (Å²) in [4.78, 5) is 20.3. The van der Waals surface area contributed by atoms with E-state index in [0.717, 1.165) is 11.3 Å². The molecule has 2 heterocycles. The van der Waals surface area contributed by atoms with Crippen molar-refractivity contribution in [3.63, 3.8) is 0 Å². The summed E-state index contributed by atoms with van der Waals surface area (Å²) in [7, 11) is 1.65. The fourth-order valence-electron chi connectivity index (χ4n) is 1.62. The van der Waals surface area contributed by atoms with Crippen LogP contribution in [-0.4, -0.2) is 45.4 Å². The number of nitrogens with two attached hydrogens (primary N) is 3. The molecular formula is C12H16N8O3S. The fraction of sp³-hybridized carbons (Fsp3) is 0.250. The number of carbonyl (C=O) groups is 1. The van der Waals surface area contributed by atoms with Gasteiger partial charge in [0.15, 0.2) is 17.5 Å². The van der Waals surface area contributed by atoms with Crippen molar-refractivity contribution in [3.05, 3.63) is 22.8 Å². The van der Waals surface area contributed by atoms with Crippen molar-refractivity contribution in [2.75, 3.05) is 18.9 Å². The Labute approximate surface area is 140 Å². The molecule has 0 aliphatic heterocycles. The molecular weight excluding hydrogens is 336 g/mol. The van der Waals surface area contributed by atoms with E-state index in [2.05, 4.69) is 15.2 Å². The third-order valence-corrected chi connectivity index (χ3v) is 3.37. The number of oxime groups is 1. The van der Waals surface area contributed by atoms with Crippen LogP contribution in [-0.2, 0) is 16.7 Å². The maximum Gasteiger partial charge on any atom is 0.273 e. The molecule has 0 aliphatic rings. The van der Waals surface area contributed by atoms with Crippen LogP contribution in [0.25, 0.3) is 0 Å². The van der Waals surface area contributed by atoms with Crippen molar-refractivity contribution in [3.8, 4) is 5.88 Å². The van der Waals surface area contributed by atoms with E-state index in [1.54, 1.807) is 12.4 Å². The van der Waals surface area contributed by atoms with Crippen LogP contribution in [0.2, 0.25) is 0 Å². The van der Waals surface area contributed by atoms with Gasteiger partial charge in [-0.2, -0.15) is 5.10 Å². The van der Waals surface area contributed by atoms with Crippen molar-refractivity contribution in [1.82, 2.24) is 14.8 Å². The normalized spacial score (nSPS) is 11.3. The molecule has 0 saturated carbocycles. The first-order valence-electron chi connectivity index (χ1n) is 6.61. The average Bonchev–Trinajstić information content (AvgIpc) is 3.09. The number of aryl methyl sites for hydroxylation is 1. The van der Waals surface area contributed by atoms with Crippen LogP contribution >= 0.6 is 11.3 Å². The van der Waals surface area contributed by atoms with E-state index in [1.807, 2.05) is 0 Å². The molecule has 0 spiro atoms. The van der Waals surface area contributed by atoms with E-state index in [-0.39, 0.29) is 30.5 Å². The number of anilines is 1. The van der Waals surface area contributed by atoms with Crippen LogP contribution in [0.5, 0.6) is 5.88 Å². The highest BCUT2D eigenvalue weighted by Crippen LogP contribution is 2.13. The smallest absolute Gasteiger partial charge is 0.273 e. The molecule has 128 valence electrons. The van der Waals surface area contributed by atoms with Crippen LogP contribution in [0.4, 0.5) is 5.13 Å². The van der Waals surface area contributed by atoms with Gasteiger partial charge in [0.25, 0.3) is 5.91 Å². The van der Waals surface area contributed by atoms with Crippen LogP contribution in [0.1, 0.15) is 11.4 Å².